The van der Waals surface area contributed by atoms with Crippen molar-refractivity contribution in [3.05, 3.63) is 15.8 Å². The molecule has 0 saturated carbocycles. The molecule has 0 bridgehead atoms. The first-order valence-electron chi connectivity index (χ1n) is 7.14. The van der Waals surface area contributed by atoms with E-state index in [0.717, 1.165) is 29.1 Å². The predicted octanol–water partition coefficient (Wildman–Crippen LogP) is 2.75. The van der Waals surface area contributed by atoms with Crippen LogP contribution in [0.2, 0.25) is 0 Å². The molecule has 20 heavy (non-hydrogen) atoms. The molecule has 1 amide bonds. The molecular weight excluding hydrogens is 272 g/mol. The van der Waals surface area contributed by atoms with Crippen LogP contribution >= 0.6 is 11.3 Å². The number of carbonyl (C=O) groups is 2. The lowest BCUT2D eigenvalue weighted by Gasteiger charge is -2.33. The van der Waals surface area contributed by atoms with Crippen molar-refractivity contribution in [1.29, 1.82) is 0 Å². The van der Waals surface area contributed by atoms with E-state index >= 15 is 0 Å². The zero-order valence-corrected chi connectivity index (χ0v) is 13.2. The highest BCUT2D eigenvalue weighted by Gasteiger charge is 2.32. The van der Waals surface area contributed by atoms with Gasteiger partial charge in [-0.15, -0.1) is 11.3 Å². The van der Waals surface area contributed by atoms with Gasteiger partial charge >= 0.3 is 0 Å². The fraction of sp³-hybridized carbons (Fsp3) is 0.600. The van der Waals surface area contributed by atoms with Crippen LogP contribution in [0, 0.1) is 13.8 Å². The first-order chi connectivity index (χ1) is 9.52. The number of hydrogen-bond acceptors (Lipinski definition) is 4. The van der Waals surface area contributed by atoms with E-state index in [9.17, 15) is 9.59 Å². The van der Waals surface area contributed by atoms with Crippen LogP contribution in [-0.2, 0) is 9.59 Å². The summed E-state index contributed by atoms with van der Waals surface area (Å²) in [5, 5.41) is 5.06. The van der Waals surface area contributed by atoms with E-state index in [4.69, 9.17) is 0 Å². The number of nitrogens with one attached hydrogen (secondary N) is 1. The lowest BCUT2D eigenvalue weighted by atomic mass is 9.99. The number of nitrogens with zero attached hydrogens (tertiary/aromatic N) is 1. The molecule has 5 heteroatoms. The number of amides is 1. The Morgan fingerprint density at radius 3 is 2.85 bits per heavy atom. The quantitative estimate of drug-likeness (QED) is 0.929. The Bertz CT molecular complexity index is 490. The molecule has 1 aromatic heterocycles. The Balaban J connectivity index is 2.11. The smallest absolute Gasteiger partial charge is 0.242 e. The van der Waals surface area contributed by atoms with Gasteiger partial charge in [-0.05, 0) is 37.8 Å². The van der Waals surface area contributed by atoms with Crippen LogP contribution in [0.3, 0.4) is 0 Å². The number of thiophene rings is 1. The van der Waals surface area contributed by atoms with Gasteiger partial charge in [0.15, 0.2) is 0 Å². The highest BCUT2D eigenvalue weighted by molar-refractivity contribution is 7.10. The van der Waals surface area contributed by atoms with Gasteiger partial charge in [-0.3, -0.25) is 14.5 Å². The van der Waals surface area contributed by atoms with E-state index in [2.05, 4.69) is 17.1 Å². The molecule has 2 rings (SSSR count). The van der Waals surface area contributed by atoms with Gasteiger partial charge in [-0.2, -0.15) is 0 Å². The number of likely N-dealkylation sites (tertiary alicyclic amines) is 1. The number of anilines is 1. The highest BCUT2D eigenvalue weighted by Crippen LogP contribution is 2.27. The van der Waals surface area contributed by atoms with Crippen molar-refractivity contribution in [3.8, 4) is 0 Å². The first-order valence-corrected chi connectivity index (χ1v) is 8.02. The van der Waals surface area contributed by atoms with E-state index in [1.165, 1.54) is 0 Å². The molecule has 0 aromatic carbocycles. The molecule has 1 aromatic rings. The molecule has 110 valence electrons. The molecule has 0 spiro atoms. The van der Waals surface area contributed by atoms with Crippen molar-refractivity contribution in [2.24, 2.45) is 0 Å². The average Bonchev–Trinajstić information content (AvgIpc) is 2.73. The molecule has 2 heterocycles. The molecule has 0 aliphatic carbocycles. The molecule has 1 saturated heterocycles. The zero-order valence-electron chi connectivity index (χ0n) is 12.4. The maximum absolute atomic E-state index is 12.5. The van der Waals surface area contributed by atoms with Crippen LogP contribution in [0.1, 0.15) is 36.6 Å². The van der Waals surface area contributed by atoms with E-state index in [0.29, 0.717) is 19.4 Å². The van der Waals surface area contributed by atoms with Crippen LogP contribution in [0.5, 0.6) is 0 Å². The van der Waals surface area contributed by atoms with Gasteiger partial charge in [0.1, 0.15) is 5.78 Å². The number of aryl methyl sites for hydroxylation is 2. The molecular formula is C15H22N2O2S. The second kappa shape index (κ2) is 6.50. The second-order valence-electron chi connectivity index (χ2n) is 5.38. The SMILES string of the molecule is CCCN1CCC(=O)CC1C(=O)Nc1c(C)csc1C. The molecule has 1 aliphatic rings. The zero-order chi connectivity index (χ0) is 14.7. The van der Waals surface area contributed by atoms with E-state index in [1.807, 2.05) is 19.2 Å². The summed E-state index contributed by atoms with van der Waals surface area (Å²) < 4.78 is 0. The van der Waals surface area contributed by atoms with Crippen molar-refractivity contribution in [2.75, 3.05) is 18.4 Å². The third-order valence-electron chi connectivity index (χ3n) is 3.76. The van der Waals surface area contributed by atoms with Crippen molar-refractivity contribution >= 4 is 28.7 Å². The Morgan fingerprint density at radius 2 is 2.25 bits per heavy atom. The minimum absolute atomic E-state index is 0.0453. The summed E-state index contributed by atoms with van der Waals surface area (Å²) in [7, 11) is 0. The maximum Gasteiger partial charge on any atom is 0.242 e. The average molecular weight is 294 g/mol. The summed E-state index contributed by atoms with van der Waals surface area (Å²) in [6, 6.07) is -0.310. The molecule has 1 aliphatic heterocycles. The number of piperidine rings is 1. The Morgan fingerprint density at radius 1 is 1.50 bits per heavy atom. The monoisotopic (exact) mass is 294 g/mol. The van der Waals surface area contributed by atoms with Gasteiger partial charge < -0.3 is 5.32 Å². The fourth-order valence-corrected chi connectivity index (χ4v) is 3.45. The summed E-state index contributed by atoms with van der Waals surface area (Å²) in [5.74, 6) is 0.146. The Hall–Kier alpha value is -1.20. The van der Waals surface area contributed by atoms with E-state index in [1.54, 1.807) is 11.3 Å². The summed E-state index contributed by atoms with van der Waals surface area (Å²) in [5.41, 5.74) is 2.00. The van der Waals surface area contributed by atoms with Crippen LogP contribution in [0.15, 0.2) is 5.38 Å². The third kappa shape index (κ3) is 3.27. The van der Waals surface area contributed by atoms with Crippen LogP contribution in [0.25, 0.3) is 0 Å². The van der Waals surface area contributed by atoms with Gasteiger partial charge in [-0.25, -0.2) is 0 Å². The largest absolute Gasteiger partial charge is 0.323 e. The van der Waals surface area contributed by atoms with Crippen LogP contribution in [0.4, 0.5) is 5.69 Å². The number of carbonyl (C=O) groups excluding carboxylic acids is 2. The van der Waals surface area contributed by atoms with Gasteiger partial charge in [0.2, 0.25) is 5.91 Å². The molecule has 1 N–H and O–H groups in total. The minimum atomic E-state index is -0.310. The van der Waals surface area contributed by atoms with E-state index < -0.39 is 0 Å². The maximum atomic E-state index is 12.5. The van der Waals surface area contributed by atoms with Gasteiger partial charge in [0.25, 0.3) is 0 Å². The third-order valence-corrected chi connectivity index (χ3v) is 4.79. The summed E-state index contributed by atoms with van der Waals surface area (Å²) in [6.45, 7) is 7.66. The lowest BCUT2D eigenvalue weighted by Crippen LogP contribution is -2.49. The van der Waals surface area contributed by atoms with Crippen molar-refractivity contribution in [1.82, 2.24) is 4.90 Å². The van der Waals surface area contributed by atoms with Gasteiger partial charge in [-0.1, -0.05) is 6.92 Å². The number of ketones is 1. The standard InChI is InChI=1S/C15H22N2O2S/c1-4-6-17-7-5-12(18)8-13(17)15(19)16-14-10(2)9-20-11(14)3/h9,13H,4-8H2,1-3H3,(H,16,19). The number of hydrogen-bond donors (Lipinski definition) is 1. The minimum Gasteiger partial charge on any atom is -0.323 e. The van der Waals surface area contributed by atoms with Gasteiger partial charge in [0.05, 0.1) is 11.7 Å². The predicted molar refractivity (Wildman–Crippen MR) is 82.3 cm³/mol. The Labute approximate surface area is 124 Å². The van der Waals surface area contributed by atoms with Gasteiger partial charge in [0, 0.05) is 24.3 Å². The Kier molecular flexibility index (Phi) is 4.94. The molecule has 0 radical (unpaired) electrons. The summed E-state index contributed by atoms with van der Waals surface area (Å²) in [4.78, 5) is 27.4. The fourth-order valence-electron chi connectivity index (χ4n) is 2.65. The number of rotatable bonds is 4. The highest BCUT2D eigenvalue weighted by atomic mass is 32.1. The lowest BCUT2D eigenvalue weighted by molar-refractivity contribution is -0.131. The topological polar surface area (TPSA) is 49.4 Å². The van der Waals surface area contributed by atoms with Crippen molar-refractivity contribution < 1.29 is 9.59 Å². The number of Topliss-reactive ketones (excluding diaryl/α,β-unsaturated/α-hetero) is 1. The van der Waals surface area contributed by atoms with E-state index in [-0.39, 0.29) is 17.7 Å². The van der Waals surface area contributed by atoms with Crippen molar-refractivity contribution in [3.63, 3.8) is 0 Å². The van der Waals surface area contributed by atoms with Crippen LogP contribution in [-0.4, -0.2) is 35.7 Å². The summed E-state index contributed by atoms with van der Waals surface area (Å²) >= 11 is 1.64. The molecule has 1 atom stereocenters. The van der Waals surface area contributed by atoms with Crippen LogP contribution < -0.4 is 5.32 Å². The normalized spacial score (nSPS) is 20.1. The first kappa shape index (κ1) is 15.2. The summed E-state index contributed by atoms with van der Waals surface area (Å²) in [6.07, 6.45) is 1.91. The molecule has 1 unspecified atom stereocenters. The molecule has 1 fully saturated rings. The second-order valence-corrected chi connectivity index (χ2v) is 6.47. The molecule has 4 nitrogen and oxygen atoms in total. The van der Waals surface area contributed by atoms with Crippen molar-refractivity contribution in [2.45, 2.75) is 46.1 Å².